The van der Waals surface area contributed by atoms with Crippen LogP contribution in [0.15, 0.2) is 0 Å². The van der Waals surface area contributed by atoms with Gasteiger partial charge in [0, 0.05) is 18.1 Å². The number of hydrogen-bond donors (Lipinski definition) is 0. The van der Waals surface area contributed by atoms with Gasteiger partial charge in [-0.15, -0.1) is 0 Å². The minimum atomic E-state index is -1.03. The topological polar surface area (TPSA) is 44.1 Å². The molecule has 0 amide bonds. The summed E-state index contributed by atoms with van der Waals surface area (Å²) in [6.07, 6.45) is 6.46. The number of unbranched alkanes of at least 4 members (excludes halogenated alkanes) is 4. The van der Waals surface area contributed by atoms with Crippen molar-refractivity contribution in [1.29, 1.82) is 0 Å². The van der Waals surface area contributed by atoms with Crippen LogP contribution < -0.4 is 4.74 Å². The molecule has 0 aliphatic carbocycles. The predicted octanol–water partition coefficient (Wildman–Crippen LogP) is 4.68. The van der Waals surface area contributed by atoms with Crippen molar-refractivity contribution in [2.45, 2.75) is 65.3 Å². The largest absolute Gasteiger partial charge is 0.409 e. The molecule has 4 nitrogen and oxygen atoms in total. The van der Waals surface area contributed by atoms with Crippen LogP contribution in [0.2, 0.25) is 0 Å². The summed E-state index contributed by atoms with van der Waals surface area (Å²) in [5.41, 5.74) is -0.560. The SMILES string of the molecule is CCCCCc1nn(CCCCC)c(F)c1OC(=O)Cl. The molecule has 1 rings (SSSR count). The van der Waals surface area contributed by atoms with E-state index in [9.17, 15) is 9.18 Å². The fraction of sp³-hybridized carbons (Fsp3) is 0.714. The Bertz CT molecular complexity index is 435. The van der Waals surface area contributed by atoms with Crippen molar-refractivity contribution >= 4 is 17.0 Å². The lowest BCUT2D eigenvalue weighted by Crippen LogP contribution is -2.04. The summed E-state index contributed by atoms with van der Waals surface area (Å²) in [6, 6.07) is 0. The lowest BCUT2D eigenvalue weighted by Gasteiger charge is -2.01. The summed E-state index contributed by atoms with van der Waals surface area (Å²) in [5.74, 6) is -0.723. The van der Waals surface area contributed by atoms with E-state index in [4.69, 9.17) is 16.3 Å². The van der Waals surface area contributed by atoms with E-state index >= 15 is 0 Å². The molecule has 0 N–H and O–H groups in total. The van der Waals surface area contributed by atoms with E-state index in [1.807, 2.05) is 0 Å². The molecule has 0 aliphatic rings. The van der Waals surface area contributed by atoms with Crippen LogP contribution in [0, 0.1) is 5.95 Å². The molecule has 0 radical (unpaired) electrons. The maximum absolute atomic E-state index is 14.2. The number of ether oxygens (including phenoxy) is 1. The monoisotopic (exact) mass is 304 g/mol. The summed E-state index contributed by atoms with van der Waals surface area (Å²) < 4.78 is 20.2. The Morgan fingerprint density at radius 3 is 2.50 bits per heavy atom. The Hall–Kier alpha value is -1.10. The first-order chi connectivity index (χ1) is 9.60. The van der Waals surface area contributed by atoms with Crippen molar-refractivity contribution in [2.75, 3.05) is 0 Å². The van der Waals surface area contributed by atoms with Gasteiger partial charge in [-0.05, 0) is 19.3 Å². The average molecular weight is 305 g/mol. The van der Waals surface area contributed by atoms with Crippen molar-refractivity contribution < 1.29 is 13.9 Å². The first kappa shape index (κ1) is 17.0. The average Bonchev–Trinajstić information content (AvgIpc) is 2.68. The molecular weight excluding hydrogens is 283 g/mol. The summed E-state index contributed by atoms with van der Waals surface area (Å²) in [4.78, 5) is 10.9. The Morgan fingerprint density at radius 2 is 1.90 bits per heavy atom. The molecule has 1 aromatic heterocycles. The van der Waals surface area contributed by atoms with Crippen LogP contribution in [0.4, 0.5) is 9.18 Å². The van der Waals surface area contributed by atoms with E-state index in [2.05, 4.69) is 18.9 Å². The molecule has 0 atom stereocenters. The van der Waals surface area contributed by atoms with Gasteiger partial charge in [0.2, 0.25) is 5.75 Å². The molecular formula is C14H22ClFN2O2. The number of hydrogen-bond acceptors (Lipinski definition) is 3. The highest BCUT2D eigenvalue weighted by Crippen LogP contribution is 2.25. The number of carbonyl (C=O) groups is 1. The molecule has 114 valence electrons. The van der Waals surface area contributed by atoms with E-state index in [-0.39, 0.29) is 5.75 Å². The fourth-order valence-electron chi connectivity index (χ4n) is 2.02. The lowest BCUT2D eigenvalue weighted by molar-refractivity contribution is 0.222. The second-order valence-corrected chi connectivity index (χ2v) is 5.10. The van der Waals surface area contributed by atoms with Crippen LogP contribution in [0.25, 0.3) is 0 Å². The molecule has 0 aromatic carbocycles. The number of carbonyl (C=O) groups excluding carboxylic acids is 1. The van der Waals surface area contributed by atoms with E-state index in [0.717, 1.165) is 38.5 Å². The quantitative estimate of drug-likeness (QED) is 0.491. The van der Waals surface area contributed by atoms with Gasteiger partial charge in [0.1, 0.15) is 5.69 Å². The Labute approximate surface area is 124 Å². The van der Waals surface area contributed by atoms with Crippen molar-refractivity contribution in [3.8, 4) is 5.75 Å². The summed E-state index contributed by atoms with van der Waals surface area (Å²) >= 11 is 5.19. The normalized spacial score (nSPS) is 10.8. The predicted molar refractivity (Wildman–Crippen MR) is 76.8 cm³/mol. The van der Waals surface area contributed by atoms with Gasteiger partial charge in [-0.1, -0.05) is 39.5 Å². The van der Waals surface area contributed by atoms with Crippen molar-refractivity contribution in [1.82, 2.24) is 9.78 Å². The number of nitrogens with zero attached hydrogens (tertiary/aromatic N) is 2. The standard InChI is InChI=1S/C14H22ClFN2O2/c1-3-5-7-9-11-12(20-14(15)19)13(16)18(17-11)10-8-6-4-2/h3-10H2,1-2H3. The second-order valence-electron chi connectivity index (χ2n) is 4.79. The number of aromatic nitrogens is 2. The molecule has 0 saturated heterocycles. The highest BCUT2D eigenvalue weighted by molar-refractivity contribution is 6.61. The molecule has 0 saturated carbocycles. The van der Waals surface area contributed by atoms with Crippen LogP contribution in [0.5, 0.6) is 5.75 Å². The van der Waals surface area contributed by atoms with Crippen LogP contribution in [0.1, 0.15) is 58.1 Å². The zero-order valence-electron chi connectivity index (χ0n) is 12.1. The summed E-state index contributed by atoms with van der Waals surface area (Å²) in [5, 5.41) is 4.21. The van der Waals surface area contributed by atoms with Crippen LogP contribution in [-0.2, 0) is 13.0 Å². The molecule has 0 fully saturated rings. The van der Waals surface area contributed by atoms with Gasteiger partial charge in [-0.3, -0.25) is 0 Å². The maximum atomic E-state index is 14.2. The molecule has 20 heavy (non-hydrogen) atoms. The van der Waals surface area contributed by atoms with E-state index in [1.54, 1.807) is 0 Å². The minimum Gasteiger partial charge on any atom is -0.408 e. The number of aryl methyl sites for hydroxylation is 2. The van der Waals surface area contributed by atoms with Crippen molar-refractivity contribution in [3.05, 3.63) is 11.6 Å². The van der Waals surface area contributed by atoms with Crippen molar-refractivity contribution in [3.63, 3.8) is 0 Å². The molecule has 1 heterocycles. The zero-order valence-corrected chi connectivity index (χ0v) is 12.9. The van der Waals surface area contributed by atoms with E-state index < -0.39 is 11.4 Å². The highest BCUT2D eigenvalue weighted by atomic mass is 35.5. The molecule has 0 aliphatic heterocycles. The number of rotatable bonds is 9. The van der Waals surface area contributed by atoms with Crippen LogP contribution in [0.3, 0.4) is 0 Å². The maximum Gasteiger partial charge on any atom is 0.409 e. The third kappa shape index (κ3) is 5.12. The van der Waals surface area contributed by atoms with Gasteiger partial charge in [-0.25, -0.2) is 9.48 Å². The van der Waals surface area contributed by atoms with Gasteiger partial charge in [0.15, 0.2) is 0 Å². The summed E-state index contributed by atoms with van der Waals surface area (Å²) in [7, 11) is 0. The zero-order chi connectivity index (χ0) is 15.0. The molecule has 0 bridgehead atoms. The number of halogens is 2. The van der Waals surface area contributed by atoms with Gasteiger partial charge in [0.05, 0.1) is 0 Å². The molecule has 0 spiro atoms. The Balaban J connectivity index is 2.82. The van der Waals surface area contributed by atoms with Gasteiger partial charge < -0.3 is 4.74 Å². The molecule has 0 unspecified atom stereocenters. The Kier molecular flexibility index (Phi) is 7.59. The van der Waals surface area contributed by atoms with Crippen molar-refractivity contribution in [2.24, 2.45) is 0 Å². The van der Waals surface area contributed by atoms with Gasteiger partial charge in [-0.2, -0.15) is 9.49 Å². The lowest BCUT2D eigenvalue weighted by atomic mass is 10.1. The van der Waals surface area contributed by atoms with Crippen LogP contribution in [-0.4, -0.2) is 15.2 Å². The smallest absolute Gasteiger partial charge is 0.408 e. The minimum absolute atomic E-state index is 0.113. The second kappa shape index (κ2) is 8.95. The van der Waals surface area contributed by atoms with E-state index in [1.165, 1.54) is 4.68 Å². The fourth-order valence-corrected chi connectivity index (χ4v) is 2.10. The summed E-state index contributed by atoms with van der Waals surface area (Å²) in [6.45, 7) is 4.65. The first-order valence-electron chi connectivity index (χ1n) is 7.22. The third-order valence-corrected chi connectivity index (χ3v) is 3.17. The Morgan fingerprint density at radius 1 is 1.25 bits per heavy atom. The molecule has 6 heteroatoms. The van der Waals surface area contributed by atoms with E-state index in [0.29, 0.717) is 18.7 Å². The highest BCUT2D eigenvalue weighted by Gasteiger charge is 2.21. The first-order valence-corrected chi connectivity index (χ1v) is 7.60. The third-order valence-electron chi connectivity index (χ3n) is 3.09. The molecule has 1 aromatic rings. The van der Waals surface area contributed by atoms with Crippen LogP contribution >= 0.6 is 11.6 Å². The van der Waals surface area contributed by atoms with Gasteiger partial charge >= 0.3 is 5.43 Å². The van der Waals surface area contributed by atoms with Gasteiger partial charge in [0.25, 0.3) is 5.95 Å².